The summed E-state index contributed by atoms with van der Waals surface area (Å²) < 4.78 is 28.0. The third kappa shape index (κ3) is 5.80. The van der Waals surface area contributed by atoms with Gasteiger partial charge >= 0.3 is 0 Å². The molecule has 0 aromatic heterocycles. The van der Waals surface area contributed by atoms with Gasteiger partial charge in [0.05, 0.1) is 0 Å². The van der Waals surface area contributed by atoms with Gasteiger partial charge in [-0.1, -0.05) is 18.2 Å². The molecule has 1 saturated heterocycles. The lowest BCUT2D eigenvalue weighted by Gasteiger charge is -2.21. The summed E-state index contributed by atoms with van der Waals surface area (Å²) in [5, 5.41) is 9.12. The van der Waals surface area contributed by atoms with Crippen LogP contribution in [0.1, 0.15) is 22.3 Å². The van der Waals surface area contributed by atoms with Crippen molar-refractivity contribution >= 4 is 41.5 Å². The van der Waals surface area contributed by atoms with E-state index in [1.807, 2.05) is 18.2 Å². The van der Waals surface area contributed by atoms with Crippen LogP contribution < -0.4 is 20.9 Å². The van der Waals surface area contributed by atoms with Crippen molar-refractivity contribution < 1.29 is 13.6 Å². The molecular formula is C21H26F2IN5O. The monoisotopic (exact) mass is 529 g/mol. The van der Waals surface area contributed by atoms with Crippen molar-refractivity contribution in [1.82, 2.24) is 16.0 Å². The minimum absolute atomic E-state index is 0. The Morgan fingerprint density at radius 2 is 1.90 bits per heavy atom. The van der Waals surface area contributed by atoms with Crippen LogP contribution in [0.15, 0.2) is 47.5 Å². The zero-order chi connectivity index (χ0) is 20.8. The Hall–Kier alpha value is -2.43. The molecule has 0 saturated carbocycles. The van der Waals surface area contributed by atoms with Gasteiger partial charge in [-0.2, -0.15) is 0 Å². The summed E-state index contributed by atoms with van der Waals surface area (Å²) in [7, 11) is 3.26. The fourth-order valence-electron chi connectivity index (χ4n) is 3.41. The first kappa shape index (κ1) is 23.8. The minimum Gasteiger partial charge on any atom is -0.365 e. The Bertz CT molecular complexity index is 888. The number of benzene rings is 2. The minimum atomic E-state index is -0.552. The third-order valence-corrected chi connectivity index (χ3v) is 4.88. The summed E-state index contributed by atoms with van der Waals surface area (Å²) >= 11 is 0. The highest BCUT2D eigenvalue weighted by Gasteiger charge is 2.27. The lowest BCUT2D eigenvalue weighted by atomic mass is 10.1. The molecule has 1 fully saturated rings. The van der Waals surface area contributed by atoms with E-state index in [-0.39, 0.29) is 41.6 Å². The van der Waals surface area contributed by atoms with Gasteiger partial charge in [0.15, 0.2) is 5.96 Å². The summed E-state index contributed by atoms with van der Waals surface area (Å²) in [6, 6.07) is 11.2. The SMILES string of the molecule is CN=C(NCc1cccc(C(=O)NC)c1)NC1CCN(c2c(F)cccc2F)C1.I. The molecule has 1 aliphatic rings. The number of para-hydroxylation sites is 1. The Morgan fingerprint density at radius 1 is 1.20 bits per heavy atom. The van der Waals surface area contributed by atoms with Crippen molar-refractivity contribution in [2.75, 3.05) is 32.1 Å². The van der Waals surface area contributed by atoms with Crippen molar-refractivity contribution in [3.8, 4) is 0 Å². The number of rotatable bonds is 5. The highest BCUT2D eigenvalue weighted by molar-refractivity contribution is 14.0. The predicted octanol–water partition coefficient (Wildman–Crippen LogP) is 2.89. The Labute approximate surface area is 192 Å². The van der Waals surface area contributed by atoms with Crippen molar-refractivity contribution in [3.63, 3.8) is 0 Å². The van der Waals surface area contributed by atoms with Gasteiger partial charge < -0.3 is 20.9 Å². The number of nitrogens with one attached hydrogen (secondary N) is 3. The molecule has 0 aliphatic carbocycles. The molecule has 1 amide bonds. The van der Waals surface area contributed by atoms with Gasteiger partial charge in [0.1, 0.15) is 17.3 Å². The molecular weight excluding hydrogens is 503 g/mol. The van der Waals surface area contributed by atoms with Gasteiger partial charge in [-0.05, 0) is 36.2 Å². The van der Waals surface area contributed by atoms with Crippen LogP contribution in [-0.2, 0) is 6.54 Å². The lowest BCUT2D eigenvalue weighted by Crippen LogP contribution is -2.44. The predicted molar refractivity (Wildman–Crippen MR) is 126 cm³/mol. The summed E-state index contributed by atoms with van der Waals surface area (Å²) in [5.41, 5.74) is 1.55. The first-order valence-corrected chi connectivity index (χ1v) is 9.49. The maximum absolute atomic E-state index is 14.0. The summed E-state index contributed by atoms with van der Waals surface area (Å²) in [4.78, 5) is 17.7. The Morgan fingerprint density at radius 3 is 2.57 bits per heavy atom. The molecule has 1 atom stereocenters. The van der Waals surface area contributed by atoms with Gasteiger partial charge in [-0.15, -0.1) is 24.0 Å². The molecule has 6 nitrogen and oxygen atoms in total. The van der Waals surface area contributed by atoms with E-state index < -0.39 is 11.6 Å². The number of aliphatic imine (C=N–C) groups is 1. The number of guanidine groups is 1. The molecule has 0 radical (unpaired) electrons. The number of carbonyl (C=O) groups excluding carboxylic acids is 1. The molecule has 3 N–H and O–H groups in total. The normalized spacial score (nSPS) is 16.1. The fourth-order valence-corrected chi connectivity index (χ4v) is 3.41. The standard InChI is InChI=1S/C21H25F2N5O.HI/c1-24-20(29)15-6-3-5-14(11-15)12-26-21(25-2)27-16-9-10-28(13-16)19-17(22)7-4-8-18(19)23;/h3-8,11,16H,9-10,12-13H2,1-2H3,(H,24,29)(H2,25,26,27);1H. The van der Waals surface area contributed by atoms with Gasteiger partial charge in [-0.25, -0.2) is 8.78 Å². The molecule has 30 heavy (non-hydrogen) atoms. The molecule has 1 aliphatic heterocycles. The van der Waals surface area contributed by atoms with Crippen molar-refractivity contribution in [2.24, 2.45) is 4.99 Å². The largest absolute Gasteiger partial charge is 0.365 e. The van der Waals surface area contributed by atoms with Crippen LogP contribution in [-0.4, -0.2) is 45.1 Å². The maximum Gasteiger partial charge on any atom is 0.251 e. The number of carbonyl (C=O) groups is 1. The van der Waals surface area contributed by atoms with Gasteiger partial charge in [0, 0.05) is 45.3 Å². The second kappa shape index (κ2) is 11.1. The number of anilines is 1. The zero-order valence-corrected chi connectivity index (χ0v) is 19.2. The lowest BCUT2D eigenvalue weighted by molar-refractivity contribution is 0.0963. The summed E-state index contributed by atoms with van der Waals surface area (Å²) in [6.07, 6.45) is 0.737. The van der Waals surface area contributed by atoms with E-state index in [9.17, 15) is 13.6 Å². The highest BCUT2D eigenvalue weighted by Crippen LogP contribution is 2.26. The molecule has 2 aromatic carbocycles. The van der Waals surface area contributed by atoms with E-state index in [1.165, 1.54) is 18.2 Å². The second-order valence-electron chi connectivity index (χ2n) is 6.85. The van der Waals surface area contributed by atoms with E-state index >= 15 is 0 Å². The summed E-state index contributed by atoms with van der Waals surface area (Å²) in [6.45, 7) is 1.52. The smallest absolute Gasteiger partial charge is 0.251 e. The van der Waals surface area contributed by atoms with Gasteiger partial charge in [0.25, 0.3) is 5.91 Å². The van der Waals surface area contributed by atoms with E-state index in [0.29, 0.717) is 31.2 Å². The first-order valence-electron chi connectivity index (χ1n) is 9.49. The van der Waals surface area contributed by atoms with Crippen LogP contribution in [0.5, 0.6) is 0 Å². The van der Waals surface area contributed by atoms with Gasteiger partial charge in [0.2, 0.25) is 0 Å². The number of hydrogen-bond donors (Lipinski definition) is 3. The molecule has 9 heteroatoms. The van der Waals surface area contributed by atoms with E-state index in [2.05, 4.69) is 20.9 Å². The molecule has 1 unspecified atom stereocenters. The average Bonchev–Trinajstić information content (AvgIpc) is 3.18. The number of nitrogens with zero attached hydrogens (tertiary/aromatic N) is 2. The molecule has 0 bridgehead atoms. The first-order chi connectivity index (χ1) is 14.0. The van der Waals surface area contributed by atoms with Crippen LogP contribution in [0.2, 0.25) is 0 Å². The Balaban J connectivity index is 0.00000320. The van der Waals surface area contributed by atoms with Crippen LogP contribution >= 0.6 is 24.0 Å². The summed E-state index contributed by atoms with van der Waals surface area (Å²) in [5.74, 6) is -0.648. The quantitative estimate of drug-likeness (QED) is 0.317. The van der Waals surface area contributed by atoms with Crippen LogP contribution in [0.4, 0.5) is 14.5 Å². The van der Waals surface area contributed by atoms with Gasteiger partial charge in [-0.3, -0.25) is 9.79 Å². The average molecular weight is 529 g/mol. The Kier molecular flexibility index (Phi) is 8.82. The number of amides is 1. The van der Waals surface area contributed by atoms with E-state index in [0.717, 1.165) is 12.0 Å². The third-order valence-electron chi connectivity index (χ3n) is 4.88. The topological polar surface area (TPSA) is 68.8 Å². The fraction of sp³-hybridized carbons (Fsp3) is 0.333. The molecule has 1 heterocycles. The van der Waals surface area contributed by atoms with Crippen LogP contribution in [0, 0.1) is 11.6 Å². The molecule has 2 aromatic rings. The van der Waals surface area contributed by atoms with E-state index in [4.69, 9.17) is 0 Å². The van der Waals surface area contributed by atoms with Crippen LogP contribution in [0.3, 0.4) is 0 Å². The van der Waals surface area contributed by atoms with E-state index in [1.54, 1.807) is 25.1 Å². The van der Waals surface area contributed by atoms with Crippen molar-refractivity contribution in [3.05, 3.63) is 65.2 Å². The maximum atomic E-state index is 14.0. The van der Waals surface area contributed by atoms with Crippen molar-refractivity contribution in [2.45, 2.75) is 19.0 Å². The van der Waals surface area contributed by atoms with Crippen LogP contribution in [0.25, 0.3) is 0 Å². The number of halogens is 3. The molecule has 0 spiro atoms. The molecule has 3 rings (SSSR count). The highest BCUT2D eigenvalue weighted by atomic mass is 127. The second-order valence-corrected chi connectivity index (χ2v) is 6.85. The van der Waals surface area contributed by atoms with Crippen molar-refractivity contribution in [1.29, 1.82) is 0 Å². The zero-order valence-electron chi connectivity index (χ0n) is 16.9. The number of hydrogen-bond acceptors (Lipinski definition) is 3. The molecule has 162 valence electrons.